The minimum atomic E-state index is -1.76. The van der Waals surface area contributed by atoms with Crippen molar-refractivity contribution in [1.29, 1.82) is 5.41 Å². The standard InChI is InChI=1S/C39H68N14O12S/c1-6-19(4)29(36(62)49-25(13-21-14-44-17-46-21)33(59)50-26(15-54)38(64)65)52-34(60)24(12-18(2)3)48-37(63)30(20(5)55)53-32(58)23(9-10-28(41)56)47-35(61)27(16-66)51-31(57)22(40)8-7-11-45-39(42)43/h14,17-20,22-27,29-30,54-55,66H,6-13,15-16,40H2,1-5H3,(H2,41,56)(H,44,46)(H,47,61)(H,48,63)(H,49,62)(H,50,59)(H,51,57)(H,52,60)(H,53,58)(H,64,65)(H4,42,43,45)/t19-,20+,22-,23-,24-,25-,26-,27-,29-,30-/m0/s1. The lowest BCUT2D eigenvalue weighted by molar-refractivity contribution is -0.143. The van der Waals surface area contributed by atoms with Gasteiger partial charge in [-0.1, -0.05) is 34.1 Å². The van der Waals surface area contributed by atoms with E-state index in [1.54, 1.807) is 27.7 Å². The first kappa shape index (κ1) is 58.0. The third-order valence-corrected chi connectivity index (χ3v) is 10.4. The number of hydrogen-bond acceptors (Lipinski definition) is 15. The molecule has 1 aromatic rings. The summed E-state index contributed by atoms with van der Waals surface area (Å²) in [4.78, 5) is 125. The predicted octanol–water partition coefficient (Wildman–Crippen LogP) is -5.32. The Morgan fingerprint density at radius 1 is 0.758 bits per heavy atom. The first-order valence-electron chi connectivity index (χ1n) is 21.3. The highest BCUT2D eigenvalue weighted by Crippen LogP contribution is 2.13. The lowest BCUT2D eigenvalue weighted by atomic mass is 9.96. The van der Waals surface area contributed by atoms with Gasteiger partial charge in [0, 0.05) is 31.3 Å². The second kappa shape index (κ2) is 29.5. The van der Waals surface area contributed by atoms with Crippen LogP contribution in [-0.4, -0.2) is 158 Å². The molecule has 8 amide bonds. The molecule has 10 atom stereocenters. The second-order valence-corrected chi connectivity index (χ2v) is 16.5. The van der Waals surface area contributed by atoms with Crippen molar-refractivity contribution < 1.29 is 58.5 Å². The predicted molar refractivity (Wildman–Crippen MR) is 241 cm³/mol. The Kier molecular flexibility index (Phi) is 25.9. The molecule has 0 aliphatic carbocycles. The van der Waals surface area contributed by atoms with E-state index in [9.17, 15) is 58.5 Å². The van der Waals surface area contributed by atoms with Crippen LogP contribution >= 0.6 is 12.6 Å². The van der Waals surface area contributed by atoms with Gasteiger partial charge in [0.25, 0.3) is 0 Å². The summed E-state index contributed by atoms with van der Waals surface area (Å²) in [5.41, 5.74) is 16.8. The number of imidazole rings is 1. The summed E-state index contributed by atoms with van der Waals surface area (Å²) in [5.74, 6) is -10.1. The maximum Gasteiger partial charge on any atom is 0.328 e. The number of carbonyl (C=O) groups excluding carboxylic acids is 8. The van der Waals surface area contributed by atoms with Crippen molar-refractivity contribution in [2.24, 2.45) is 29.0 Å². The van der Waals surface area contributed by atoms with Gasteiger partial charge in [0.1, 0.15) is 42.3 Å². The number of nitrogens with two attached hydrogens (primary N) is 3. The molecule has 0 unspecified atom stereocenters. The number of rotatable bonds is 31. The van der Waals surface area contributed by atoms with E-state index in [1.165, 1.54) is 19.4 Å². The van der Waals surface area contributed by atoms with Crippen LogP contribution in [0.5, 0.6) is 0 Å². The number of thiol groups is 1. The molecule has 0 fully saturated rings. The Bertz CT molecular complexity index is 1800. The number of aliphatic carboxylic acids is 1. The first-order chi connectivity index (χ1) is 30.9. The number of carboxylic acid groups (broad SMARTS) is 1. The third kappa shape index (κ3) is 20.8. The SMILES string of the molecule is CC[C@H](C)[C@H](NC(=O)[C@H](CC(C)C)NC(=O)[C@@H](NC(=O)[C@H](CCC(N)=O)NC(=O)[C@H](CS)NC(=O)[C@@H](N)CCCNC(=N)N)[C@@H](C)O)C(=O)N[C@@H](Cc1c[nH]cn1)C(=O)N[C@@H](CO)C(=O)O. The summed E-state index contributed by atoms with van der Waals surface area (Å²) in [5, 5.41) is 56.3. The number of carbonyl (C=O) groups is 9. The number of carboxylic acids is 1. The van der Waals surface area contributed by atoms with Crippen LogP contribution < -0.4 is 59.7 Å². The van der Waals surface area contributed by atoms with Crippen molar-refractivity contribution in [3.05, 3.63) is 18.2 Å². The van der Waals surface area contributed by atoms with Crippen LogP contribution in [0, 0.1) is 17.2 Å². The van der Waals surface area contributed by atoms with Crippen LogP contribution in [0.25, 0.3) is 0 Å². The molecule has 1 rings (SSSR count). The van der Waals surface area contributed by atoms with Crippen LogP contribution in [0.15, 0.2) is 12.5 Å². The fourth-order valence-electron chi connectivity index (χ4n) is 6.10. The van der Waals surface area contributed by atoms with E-state index in [1.807, 2.05) is 0 Å². The average molecular weight is 957 g/mol. The topological polar surface area (TPSA) is 441 Å². The summed E-state index contributed by atoms with van der Waals surface area (Å²) in [6, 6.07) is -11.5. The highest BCUT2D eigenvalue weighted by molar-refractivity contribution is 7.80. The minimum absolute atomic E-state index is 0.0120. The monoisotopic (exact) mass is 956 g/mol. The summed E-state index contributed by atoms with van der Waals surface area (Å²) >= 11 is 4.13. The number of aliphatic hydroxyl groups excluding tert-OH is 2. The Morgan fingerprint density at radius 2 is 1.29 bits per heavy atom. The maximum atomic E-state index is 14.0. The first-order valence-corrected chi connectivity index (χ1v) is 21.9. The van der Waals surface area contributed by atoms with Gasteiger partial charge in [-0.15, -0.1) is 0 Å². The Morgan fingerprint density at radius 3 is 1.80 bits per heavy atom. The molecule has 0 aliphatic heterocycles. The zero-order valence-electron chi connectivity index (χ0n) is 37.7. The van der Waals surface area contributed by atoms with Gasteiger partial charge in [-0.05, 0) is 44.4 Å². The lowest BCUT2D eigenvalue weighted by Crippen LogP contribution is -2.62. The molecule has 1 aromatic heterocycles. The van der Waals surface area contributed by atoms with Crippen molar-refractivity contribution in [2.75, 3.05) is 18.9 Å². The van der Waals surface area contributed by atoms with Gasteiger partial charge >= 0.3 is 5.97 Å². The fourth-order valence-corrected chi connectivity index (χ4v) is 6.35. The van der Waals surface area contributed by atoms with Gasteiger partial charge in [0.2, 0.25) is 47.3 Å². The molecule has 1 heterocycles. The molecule has 372 valence electrons. The van der Waals surface area contributed by atoms with E-state index >= 15 is 0 Å². The average Bonchev–Trinajstić information content (AvgIpc) is 3.77. The van der Waals surface area contributed by atoms with E-state index in [4.69, 9.17) is 22.6 Å². The highest BCUT2D eigenvalue weighted by Gasteiger charge is 2.37. The van der Waals surface area contributed by atoms with E-state index < -0.39 is 127 Å². The van der Waals surface area contributed by atoms with Gasteiger partial charge in [-0.25, -0.2) is 9.78 Å². The van der Waals surface area contributed by atoms with E-state index in [-0.39, 0.29) is 49.9 Å². The van der Waals surface area contributed by atoms with Crippen molar-refractivity contribution in [2.45, 2.75) is 134 Å². The number of primary amides is 1. The lowest BCUT2D eigenvalue weighted by Gasteiger charge is -2.30. The molecule has 0 saturated carbocycles. The summed E-state index contributed by atoms with van der Waals surface area (Å²) in [6.45, 7) is 7.35. The molecule has 0 bridgehead atoms. The largest absolute Gasteiger partial charge is 0.480 e. The molecule has 66 heavy (non-hydrogen) atoms. The van der Waals surface area contributed by atoms with Crippen LogP contribution in [0.3, 0.4) is 0 Å². The number of aromatic nitrogens is 2. The van der Waals surface area contributed by atoms with Crippen LogP contribution in [0.4, 0.5) is 0 Å². The molecule has 26 nitrogen and oxygen atoms in total. The van der Waals surface area contributed by atoms with Crippen molar-refractivity contribution in [3.8, 4) is 0 Å². The van der Waals surface area contributed by atoms with Gasteiger partial charge in [0.05, 0.1) is 30.8 Å². The number of hydrogen-bond donors (Lipinski definition) is 17. The molecule has 0 spiro atoms. The van der Waals surface area contributed by atoms with Gasteiger partial charge < -0.3 is 80.0 Å². The summed E-state index contributed by atoms with van der Waals surface area (Å²) in [7, 11) is 0. The van der Waals surface area contributed by atoms with Crippen molar-refractivity contribution in [1.82, 2.24) is 52.5 Å². The number of H-pyrrole nitrogens is 1. The molecule has 0 aliphatic rings. The zero-order chi connectivity index (χ0) is 50.3. The van der Waals surface area contributed by atoms with Crippen molar-refractivity contribution in [3.63, 3.8) is 0 Å². The number of guanidine groups is 1. The second-order valence-electron chi connectivity index (χ2n) is 16.1. The normalized spacial score (nSPS) is 15.7. The molecule has 19 N–H and O–H groups in total. The smallest absolute Gasteiger partial charge is 0.328 e. The maximum absolute atomic E-state index is 14.0. The van der Waals surface area contributed by atoms with Crippen molar-refractivity contribution >= 4 is 71.8 Å². The molecular weight excluding hydrogens is 889 g/mol. The molecule has 0 saturated heterocycles. The third-order valence-electron chi connectivity index (χ3n) is 10.1. The fraction of sp³-hybridized carbons (Fsp3) is 0.667. The zero-order valence-corrected chi connectivity index (χ0v) is 38.6. The van der Waals surface area contributed by atoms with Gasteiger partial charge in [-0.3, -0.25) is 43.8 Å². The number of aromatic amines is 1. The Balaban J connectivity index is 3.31. The van der Waals surface area contributed by atoms with Crippen LogP contribution in [-0.2, 0) is 49.6 Å². The van der Waals surface area contributed by atoms with E-state index in [0.29, 0.717) is 18.5 Å². The Labute approximate surface area is 387 Å². The molecule has 0 aromatic carbocycles. The number of nitrogens with one attached hydrogen (secondary N) is 10. The van der Waals surface area contributed by atoms with E-state index in [0.717, 1.165) is 0 Å². The van der Waals surface area contributed by atoms with Gasteiger partial charge in [0.15, 0.2) is 5.96 Å². The van der Waals surface area contributed by atoms with Crippen LogP contribution in [0.1, 0.15) is 78.8 Å². The molecular formula is C39H68N14O12S. The number of amides is 8. The summed E-state index contributed by atoms with van der Waals surface area (Å²) in [6.07, 6.45) is 0.999. The minimum Gasteiger partial charge on any atom is -0.480 e. The van der Waals surface area contributed by atoms with Gasteiger partial charge in [-0.2, -0.15) is 12.6 Å². The molecule has 27 heteroatoms. The molecule has 0 radical (unpaired) electrons. The highest BCUT2D eigenvalue weighted by atomic mass is 32.1. The van der Waals surface area contributed by atoms with E-state index in [2.05, 4.69) is 65.1 Å². The summed E-state index contributed by atoms with van der Waals surface area (Å²) < 4.78 is 0. The quantitative estimate of drug-likeness (QED) is 0.0143. The van der Waals surface area contributed by atoms with Crippen LogP contribution in [0.2, 0.25) is 0 Å². The Hall–Kier alpha value is -6.06. The number of aliphatic hydroxyl groups is 2. The number of nitrogens with zero attached hydrogens (tertiary/aromatic N) is 1.